The molecule has 2 rings (SSSR count). The van der Waals surface area contributed by atoms with Crippen molar-refractivity contribution in [1.82, 2.24) is 10.2 Å². The minimum atomic E-state index is -0.215. The standard InChI is InChI=1S/C16H24N2O2/c1-12-6-7-15(19)14(10-12)11-17-13(2)16(20)18-8-4-3-5-9-18/h6-7,10,13,17,19H,3-5,8-9,11H2,1-2H3. The van der Waals surface area contributed by atoms with Crippen LogP contribution in [0.5, 0.6) is 5.75 Å². The van der Waals surface area contributed by atoms with Crippen molar-refractivity contribution in [3.8, 4) is 5.75 Å². The van der Waals surface area contributed by atoms with E-state index in [-0.39, 0.29) is 17.7 Å². The van der Waals surface area contributed by atoms with E-state index in [1.54, 1.807) is 6.07 Å². The van der Waals surface area contributed by atoms with Gasteiger partial charge in [-0.1, -0.05) is 17.7 Å². The third-order valence-corrected chi connectivity index (χ3v) is 3.87. The maximum absolute atomic E-state index is 12.3. The molecular formula is C16H24N2O2. The van der Waals surface area contributed by atoms with Crippen LogP contribution < -0.4 is 5.32 Å². The Morgan fingerprint density at radius 2 is 2.05 bits per heavy atom. The van der Waals surface area contributed by atoms with Gasteiger partial charge in [0.05, 0.1) is 6.04 Å². The molecule has 1 atom stereocenters. The van der Waals surface area contributed by atoms with Crippen LogP contribution in [0.1, 0.15) is 37.3 Å². The molecule has 0 spiro atoms. The van der Waals surface area contributed by atoms with Gasteiger partial charge in [-0.2, -0.15) is 0 Å². The summed E-state index contributed by atoms with van der Waals surface area (Å²) in [5.74, 6) is 0.442. The molecule has 1 aromatic rings. The molecule has 20 heavy (non-hydrogen) atoms. The van der Waals surface area contributed by atoms with Gasteiger partial charge >= 0.3 is 0 Å². The van der Waals surface area contributed by atoms with Crippen LogP contribution >= 0.6 is 0 Å². The average Bonchev–Trinajstić information content (AvgIpc) is 2.48. The van der Waals surface area contributed by atoms with Crippen LogP contribution in [0.15, 0.2) is 18.2 Å². The zero-order chi connectivity index (χ0) is 14.5. The first-order valence-corrected chi connectivity index (χ1v) is 7.38. The summed E-state index contributed by atoms with van der Waals surface area (Å²) >= 11 is 0. The maximum atomic E-state index is 12.3. The highest BCUT2D eigenvalue weighted by molar-refractivity contribution is 5.81. The Hall–Kier alpha value is -1.55. The molecule has 4 nitrogen and oxygen atoms in total. The molecule has 1 aliphatic rings. The summed E-state index contributed by atoms with van der Waals surface area (Å²) in [7, 11) is 0. The van der Waals surface area contributed by atoms with E-state index < -0.39 is 0 Å². The minimum absolute atomic E-state index is 0.164. The lowest BCUT2D eigenvalue weighted by atomic mass is 10.1. The molecule has 0 aliphatic carbocycles. The second kappa shape index (κ2) is 6.75. The number of likely N-dealkylation sites (tertiary alicyclic amines) is 1. The average molecular weight is 276 g/mol. The predicted molar refractivity (Wildman–Crippen MR) is 79.6 cm³/mol. The number of aryl methyl sites for hydroxylation is 1. The van der Waals surface area contributed by atoms with Crippen molar-refractivity contribution in [1.29, 1.82) is 0 Å². The third-order valence-electron chi connectivity index (χ3n) is 3.87. The SMILES string of the molecule is Cc1ccc(O)c(CNC(C)C(=O)N2CCCCC2)c1. The lowest BCUT2D eigenvalue weighted by molar-refractivity contribution is -0.133. The highest BCUT2D eigenvalue weighted by atomic mass is 16.3. The number of carbonyl (C=O) groups excluding carboxylic acids is 1. The fourth-order valence-electron chi connectivity index (χ4n) is 2.59. The Morgan fingerprint density at radius 1 is 1.35 bits per heavy atom. The van der Waals surface area contributed by atoms with Crippen molar-refractivity contribution >= 4 is 5.91 Å². The van der Waals surface area contributed by atoms with Gasteiger partial charge in [0.25, 0.3) is 0 Å². The smallest absolute Gasteiger partial charge is 0.239 e. The van der Waals surface area contributed by atoms with E-state index in [1.807, 2.05) is 30.9 Å². The van der Waals surface area contributed by atoms with Crippen LogP contribution in [-0.4, -0.2) is 35.0 Å². The van der Waals surface area contributed by atoms with Crippen molar-refractivity contribution in [3.05, 3.63) is 29.3 Å². The Labute approximate surface area is 120 Å². The van der Waals surface area contributed by atoms with Gasteiger partial charge in [-0.15, -0.1) is 0 Å². The van der Waals surface area contributed by atoms with Gasteiger partial charge in [-0.25, -0.2) is 0 Å². The molecule has 1 amide bonds. The van der Waals surface area contributed by atoms with E-state index >= 15 is 0 Å². The van der Waals surface area contributed by atoms with Gasteiger partial charge in [0, 0.05) is 25.2 Å². The Morgan fingerprint density at radius 3 is 2.75 bits per heavy atom. The van der Waals surface area contributed by atoms with Gasteiger partial charge in [0.1, 0.15) is 5.75 Å². The number of aromatic hydroxyl groups is 1. The molecule has 4 heteroatoms. The predicted octanol–water partition coefficient (Wildman–Crippen LogP) is 2.19. The number of benzene rings is 1. The molecule has 1 aliphatic heterocycles. The molecule has 1 fully saturated rings. The molecule has 2 N–H and O–H groups in total. The Kier molecular flexibility index (Phi) is 5.01. The summed E-state index contributed by atoms with van der Waals surface area (Å²) in [5.41, 5.74) is 1.94. The number of rotatable bonds is 4. The number of amides is 1. The number of phenols is 1. The number of nitrogens with one attached hydrogen (secondary N) is 1. The molecule has 110 valence electrons. The lowest BCUT2D eigenvalue weighted by Gasteiger charge is -2.29. The molecule has 0 aromatic heterocycles. The van der Waals surface area contributed by atoms with Gasteiger partial charge in [-0.05, 0) is 39.2 Å². The molecule has 0 radical (unpaired) electrons. The molecular weight excluding hydrogens is 252 g/mol. The summed E-state index contributed by atoms with van der Waals surface area (Å²) < 4.78 is 0. The monoisotopic (exact) mass is 276 g/mol. The van der Waals surface area contributed by atoms with Crippen LogP contribution in [0.25, 0.3) is 0 Å². The highest BCUT2D eigenvalue weighted by Gasteiger charge is 2.21. The molecule has 1 aromatic carbocycles. The number of hydrogen-bond acceptors (Lipinski definition) is 3. The lowest BCUT2D eigenvalue weighted by Crippen LogP contribution is -2.46. The van der Waals surface area contributed by atoms with Crippen LogP contribution in [0.3, 0.4) is 0 Å². The number of nitrogens with zero attached hydrogens (tertiary/aromatic N) is 1. The van der Waals surface area contributed by atoms with E-state index in [0.717, 1.165) is 37.1 Å². The van der Waals surface area contributed by atoms with Crippen molar-refractivity contribution in [2.75, 3.05) is 13.1 Å². The van der Waals surface area contributed by atoms with Crippen LogP contribution in [-0.2, 0) is 11.3 Å². The van der Waals surface area contributed by atoms with Gasteiger partial charge < -0.3 is 15.3 Å². The summed E-state index contributed by atoms with van der Waals surface area (Å²) in [6.45, 7) is 6.14. The first-order chi connectivity index (χ1) is 9.58. The van der Waals surface area contributed by atoms with E-state index in [4.69, 9.17) is 0 Å². The van der Waals surface area contributed by atoms with E-state index in [1.165, 1.54) is 6.42 Å². The topological polar surface area (TPSA) is 52.6 Å². The largest absolute Gasteiger partial charge is 0.508 e. The summed E-state index contributed by atoms with van der Waals surface area (Å²) in [5, 5.41) is 13.0. The van der Waals surface area contributed by atoms with Crippen molar-refractivity contribution in [3.63, 3.8) is 0 Å². The zero-order valence-corrected chi connectivity index (χ0v) is 12.4. The number of piperidine rings is 1. The van der Waals surface area contributed by atoms with Gasteiger partial charge in [-0.3, -0.25) is 4.79 Å². The quantitative estimate of drug-likeness (QED) is 0.886. The number of phenolic OH excluding ortho intramolecular Hbond substituents is 1. The molecule has 1 heterocycles. The Balaban J connectivity index is 1.89. The Bertz CT molecular complexity index is 468. The maximum Gasteiger partial charge on any atom is 0.239 e. The molecule has 1 saturated heterocycles. The molecule has 0 saturated carbocycles. The van der Waals surface area contributed by atoms with Crippen molar-refractivity contribution in [2.45, 2.75) is 45.7 Å². The van der Waals surface area contributed by atoms with Gasteiger partial charge in [0.15, 0.2) is 0 Å². The van der Waals surface area contributed by atoms with E-state index in [2.05, 4.69) is 5.32 Å². The first-order valence-electron chi connectivity index (χ1n) is 7.38. The van der Waals surface area contributed by atoms with Gasteiger partial charge in [0.2, 0.25) is 5.91 Å². The minimum Gasteiger partial charge on any atom is -0.508 e. The van der Waals surface area contributed by atoms with Crippen LogP contribution in [0.2, 0.25) is 0 Å². The summed E-state index contributed by atoms with van der Waals surface area (Å²) in [6.07, 6.45) is 3.44. The molecule has 1 unspecified atom stereocenters. The number of hydrogen-bond donors (Lipinski definition) is 2. The zero-order valence-electron chi connectivity index (χ0n) is 12.4. The third kappa shape index (κ3) is 3.73. The van der Waals surface area contributed by atoms with Crippen LogP contribution in [0, 0.1) is 6.92 Å². The highest BCUT2D eigenvalue weighted by Crippen LogP contribution is 2.18. The fourth-order valence-corrected chi connectivity index (χ4v) is 2.59. The van der Waals surface area contributed by atoms with Crippen molar-refractivity contribution in [2.24, 2.45) is 0 Å². The van der Waals surface area contributed by atoms with E-state index in [0.29, 0.717) is 6.54 Å². The summed E-state index contributed by atoms with van der Waals surface area (Å²) in [6, 6.07) is 5.30. The summed E-state index contributed by atoms with van der Waals surface area (Å²) in [4.78, 5) is 14.2. The fraction of sp³-hybridized carbons (Fsp3) is 0.562. The second-order valence-electron chi connectivity index (χ2n) is 5.62. The number of carbonyl (C=O) groups is 1. The second-order valence-corrected chi connectivity index (χ2v) is 5.62. The van der Waals surface area contributed by atoms with Crippen LogP contribution in [0.4, 0.5) is 0 Å². The normalized spacial score (nSPS) is 17.0. The molecule has 0 bridgehead atoms. The van der Waals surface area contributed by atoms with E-state index in [9.17, 15) is 9.90 Å². The van der Waals surface area contributed by atoms with Crippen molar-refractivity contribution < 1.29 is 9.90 Å². The first kappa shape index (κ1) is 14.9.